The van der Waals surface area contributed by atoms with Crippen LogP contribution in [0.25, 0.3) is 0 Å². The van der Waals surface area contributed by atoms with Crippen LogP contribution in [-0.4, -0.2) is 32.7 Å². The molecule has 2 aromatic rings. The molecule has 3 heterocycles. The molecule has 0 bridgehead atoms. The molecule has 1 aliphatic rings. The van der Waals surface area contributed by atoms with Gasteiger partial charge in [-0.3, -0.25) is 4.98 Å². The molecule has 3 rings (SSSR count). The predicted octanol–water partition coefficient (Wildman–Crippen LogP) is 3.03. The van der Waals surface area contributed by atoms with Crippen molar-refractivity contribution in [2.45, 2.75) is 35.4 Å². The van der Waals surface area contributed by atoms with E-state index in [0.29, 0.717) is 18.0 Å². The van der Waals surface area contributed by atoms with Gasteiger partial charge in [0.05, 0.1) is 34.8 Å². The zero-order valence-electron chi connectivity index (χ0n) is 11.8. The molecule has 2 atom stereocenters. The summed E-state index contributed by atoms with van der Waals surface area (Å²) < 4.78 is 0. The highest BCUT2D eigenvalue weighted by molar-refractivity contribution is 7.99. The van der Waals surface area contributed by atoms with Crippen LogP contribution in [0.1, 0.15) is 23.9 Å². The molecule has 0 spiro atoms. The lowest BCUT2D eigenvalue weighted by atomic mass is 10.1. The van der Waals surface area contributed by atoms with Gasteiger partial charge in [0.25, 0.3) is 0 Å². The summed E-state index contributed by atoms with van der Waals surface area (Å²) in [5.74, 6) is 0. The van der Waals surface area contributed by atoms with Crippen LogP contribution in [0.5, 0.6) is 0 Å². The molecule has 0 radical (unpaired) electrons. The topological polar surface area (TPSA) is 70.9 Å². The van der Waals surface area contributed by atoms with Crippen LogP contribution >= 0.6 is 35.0 Å². The van der Waals surface area contributed by atoms with Gasteiger partial charge in [-0.1, -0.05) is 35.0 Å². The van der Waals surface area contributed by atoms with Crippen LogP contribution in [0.2, 0.25) is 10.2 Å². The van der Waals surface area contributed by atoms with Crippen molar-refractivity contribution in [1.82, 2.24) is 20.3 Å². The fourth-order valence-electron chi connectivity index (χ4n) is 2.28. The van der Waals surface area contributed by atoms with Gasteiger partial charge >= 0.3 is 0 Å². The number of aryl methyl sites for hydroxylation is 1. The number of hydrogen-bond acceptors (Lipinski definition) is 6. The van der Waals surface area contributed by atoms with E-state index in [-0.39, 0.29) is 17.3 Å². The third-order valence-corrected chi connectivity index (χ3v) is 5.44. The minimum atomic E-state index is -0.320. The average Bonchev–Trinajstić information content (AvgIpc) is 2.92. The van der Waals surface area contributed by atoms with Gasteiger partial charge in [-0.25, -0.2) is 9.97 Å². The van der Waals surface area contributed by atoms with Crippen molar-refractivity contribution in [2.24, 2.45) is 0 Å². The van der Waals surface area contributed by atoms with Crippen LogP contribution in [0.4, 0.5) is 0 Å². The molecule has 0 saturated carbocycles. The lowest BCUT2D eigenvalue weighted by molar-refractivity contribution is 0.193. The zero-order chi connectivity index (χ0) is 15.7. The number of β-amino-alcohol motifs (C(OH)–C–C–N with tert-alkyl or cyclic N) is 1. The highest BCUT2D eigenvalue weighted by Gasteiger charge is 2.25. The molecule has 1 fully saturated rings. The van der Waals surface area contributed by atoms with Gasteiger partial charge in [0.15, 0.2) is 0 Å². The van der Waals surface area contributed by atoms with Crippen molar-refractivity contribution in [1.29, 1.82) is 0 Å². The van der Waals surface area contributed by atoms with E-state index in [1.807, 2.05) is 6.92 Å². The lowest BCUT2D eigenvalue weighted by Gasteiger charge is -2.12. The minimum absolute atomic E-state index is 0.0548. The molecule has 8 heteroatoms. The standard InChI is InChI=1S/C14H14Cl2N4OS/c1-7-14(22-11-2-3-17-13(16)12(11)15)19-6-10(20-7)9-4-8(21)5-18-9/h2-3,6,8-9,18,21H,4-5H2,1H3. The van der Waals surface area contributed by atoms with Gasteiger partial charge in [-0.15, -0.1) is 0 Å². The van der Waals surface area contributed by atoms with Crippen molar-refractivity contribution in [3.63, 3.8) is 0 Å². The molecule has 1 aliphatic heterocycles. The van der Waals surface area contributed by atoms with Gasteiger partial charge in [-0.05, 0) is 19.4 Å². The van der Waals surface area contributed by atoms with Gasteiger partial charge < -0.3 is 10.4 Å². The second kappa shape index (κ2) is 6.68. The van der Waals surface area contributed by atoms with Crippen LogP contribution in [0.15, 0.2) is 28.4 Å². The maximum atomic E-state index is 9.59. The van der Waals surface area contributed by atoms with E-state index in [4.69, 9.17) is 23.2 Å². The normalized spacial score (nSPS) is 21.3. The van der Waals surface area contributed by atoms with Gasteiger partial charge in [-0.2, -0.15) is 0 Å². The number of nitrogens with zero attached hydrogens (tertiary/aromatic N) is 3. The number of aliphatic hydroxyl groups excluding tert-OH is 1. The summed E-state index contributed by atoms with van der Waals surface area (Å²) in [6, 6.07) is 1.85. The molecule has 0 aliphatic carbocycles. The number of pyridine rings is 1. The SMILES string of the molecule is Cc1nc(C2CC(O)CN2)cnc1Sc1ccnc(Cl)c1Cl. The summed E-state index contributed by atoms with van der Waals surface area (Å²) in [6.45, 7) is 2.49. The molecule has 5 nitrogen and oxygen atoms in total. The third kappa shape index (κ3) is 3.36. The zero-order valence-corrected chi connectivity index (χ0v) is 14.1. The molecule has 2 aromatic heterocycles. The summed E-state index contributed by atoms with van der Waals surface area (Å²) in [6.07, 6.45) is 3.69. The van der Waals surface area contributed by atoms with Crippen molar-refractivity contribution in [3.05, 3.63) is 40.0 Å². The Kier molecular flexibility index (Phi) is 4.84. The summed E-state index contributed by atoms with van der Waals surface area (Å²) in [5.41, 5.74) is 1.66. The number of nitrogens with one attached hydrogen (secondary N) is 1. The predicted molar refractivity (Wildman–Crippen MR) is 86.5 cm³/mol. The van der Waals surface area contributed by atoms with E-state index in [1.54, 1.807) is 18.5 Å². The van der Waals surface area contributed by atoms with Crippen molar-refractivity contribution >= 4 is 35.0 Å². The van der Waals surface area contributed by atoms with E-state index in [2.05, 4.69) is 20.3 Å². The lowest BCUT2D eigenvalue weighted by Crippen LogP contribution is -2.16. The summed E-state index contributed by atoms with van der Waals surface area (Å²) in [7, 11) is 0. The number of aromatic nitrogens is 3. The van der Waals surface area contributed by atoms with E-state index in [1.165, 1.54) is 11.8 Å². The summed E-state index contributed by atoms with van der Waals surface area (Å²) >= 11 is 13.5. The number of aliphatic hydroxyl groups is 1. The first-order valence-electron chi connectivity index (χ1n) is 6.77. The van der Waals surface area contributed by atoms with Gasteiger partial charge in [0, 0.05) is 17.6 Å². The molecule has 2 unspecified atom stereocenters. The molecular weight excluding hydrogens is 343 g/mol. The molecule has 2 N–H and O–H groups in total. The maximum Gasteiger partial charge on any atom is 0.148 e. The first-order chi connectivity index (χ1) is 10.5. The van der Waals surface area contributed by atoms with Gasteiger partial charge in [0.1, 0.15) is 10.2 Å². The highest BCUT2D eigenvalue weighted by atomic mass is 35.5. The Morgan fingerprint density at radius 2 is 2.18 bits per heavy atom. The Bertz CT molecular complexity index is 701. The third-order valence-electron chi connectivity index (χ3n) is 3.40. The Balaban J connectivity index is 1.82. The highest BCUT2D eigenvalue weighted by Crippen LogP contribution is 2.36. The average molecular weight is 357 g/mol. The molecule has 116 valence electrons. The van der Waals surface area contributed by atoms with Crippen LogP contribution in [-0.2, 0) is 0 Å². The van der Waals surface area contributed by atoms with E-state index in [9.17, 15) is 5.11 Å². The van der Waals surface area contributed by atoms with Crippen molar-refractivity contribution < 1.29 is 5.11 Å². The molecular formula is C14H14Cl2N4OS. The fraction of sp³-hybridized carbons (Fsp3) is 0.357. The summed E-state index contributed by atoms with van der Waals surface area (Å²) in [4.78, 5) is 13.8. The number of rotatable bonds is 3. The van der Waals surface area contributed by atoms with Crippen LogP contribution in [0, 0.1) is 6.92 Å². The number of halogens is 2. The molecule has 22 heavy (non-hydrogen) atoms. The van der Waals surface area contributed by atoms with Crippen LogP contribution in [0.3, 0.4) is 0 Å². The Hall–Kier alpha value is -0.920. The largest absolute Gasteiger partial charge is 0.392 e. The second-order valence-electron chi connectivity index (χ2n) is 5.05. The first kappa shape index (κ1) is 16.0. The quantitative estimate of drug-likeness (QED) is 0.823. The minimum Gasteiger partial charge on any atom is -0.392 e. The second-order valence-corrected chi connectivity index (χ2v) is 6.82. The van der Waals surface area contributed by atoms with Crippen LogP contribution < -0.4 is 5.32 Å². The molecule has 1 saturated heterocycles. The Morgan fingerprint density at radius 3 is 2.86 bits per heavy atom. The van der Waals surface area contributed by atoms with E-state index < -0.39 is 0 Å². The Morgan fingerprint density at radius 1 is 1.36 bits per heavy atom. The Labute approximate surface area is 142 Å². The maximum absolute atomic E-state index is 9.59. The first-order valence-corrected chi connectivity index (χ1v) is 8.34. The van der Waals surface area contributed by atoms with E-state index in [0.717, 1.165) is 21.3 Å². The smallest absolute Gasteiger partial charge is 0.148 e. The molecule has 0 aromatic carbocycles. The monoisotopic (exact) mass is 356 g/mol. The van der Waals surface area contributed by atoms with Crippen molar-refractivity contribution in [3.8, 4) is 0 Å². The fourth-order valence-corrected chi connectivity index (χ4v) is 3.55. The van der Waals surface area contributed by atoms with E-state index >= 15 is 0 Å². The van der Waals surface area contributed by atoms with Gasteiger partial charge in [0.2, 0.25) is 0 Å². The molecule has 0 amide bonds. The van der Waals surface area contributed by atoms with Crippen molar-refractivity contribution in [2.75, 3.05) is 6.54 Å². The summed E-state index contributed by atoms with van der Waals surface area (Å²) in [5, 5.41) is 14.3. The number of hydrogen-bond donors (Lipinski definition) is 2.